The number of hydrogen-bond acceptors (Lipinski definition) is 5. The minimum Gasteiger partial charge on any atom is -0.508 e. The van der Waals surface area contributed by atoms with Gasteiger partial charge in [-0.25, -0.2) is 0 Å². The molecular weight excluding hydrogens is 318 g/mol. The highest BCUT2D eigenvalue weighted by atomic mass is 16.3. The molecule has 126 valence electrons. The first kappa shape index (κ1) is 15.3. The zero-order valence-electron chi connectivity index (χ0n) is 13.6. The van der Waals surface area contributed by atoms with Gasteiger partial charge >= 0.3 is 0 Å². The standard InChI is InChI=1S/C19H17N3O3/c1-22-15-8-4-2-7-12(15)18(24)17(19(22)25)14-10-13(20-21-14)11-6-3-5-9-16(11)23/h2-9,13,20,23-24H,10H2,1H3/t13-/m0/s1. The molecule has 1 aliphatic heterocycles. The predicted molar refractivity (Wildman–Crippen MR) is 96.0 cm³/mol. The van der Waals surface area contributed by atoms with Crippen LogP contribution >= 0.6 is 0 Å². The third-order valence-corrected chi connectivity index (χ3v) is 4.63. The van der Waals surface area contributed by atoms with Gasteiger partial charge in [-0.15, -0.1) is 0 Å². The van der Waals surface area contributed by atoms with Crippen molar-refractivity contribution in [3.05, 3.63) is 70.0 Å². The van der Waals surface area contributed by atoms with Crippen molar-refractivity contribution in [2.24, 2.45) is 12.1 Å². The summed E-state index contributed by atoms with van der Waals surface area (Å²) in [5, 5.41) is 25.5. The van der Waals surface area contributed by atoms with Gasteiger partial charge in [0.2, 0.25) is 0 Å². The van der Waals surface area contributed by atoms with Crippen LogP contribution in [0.4, 0.5) is 0 Å². The van der Waals surface area contributed by atoms with Crippen LogP contribution in [-0.2, 0) is 7.05 Å². The zero-order valence-corrected chi connectivity index (χ0v) is 13.6. The summed E-state index contributed by atoms with van der Waals surface area (Å²) in [6, 6.07) is 14.0. The molecule has 0 saturated carbocycles. The molecule has 0 amide bonds. The molecule has 6 nitrogen and oxygen atoms in total. The van der Waals surface area contributed by atoms with E-state index in [0.29, 0.717) is 28.6 Å². The third kappa shape index (κ3) is 2.34. The van der Waals surface area contributed by atoms with Crippen LogP contribution in [0, 0.1) is 0 Å². The molecule has 3 N–H and O–H groups in total. The van der Waals surface area contributed by atoms with Crippen molar-refractivity contribution in [2.45, 2.75) is 12.5 Å². The first-order valence-corrected chi connectivity index (χ1v) is 7.99. The second-order valence-electron chi connectivity index (χ2n) is 6.11. The second-order valence-corrected chi connectivity index (χ2v) is 6.11. The number of nitrogens with one attached hydrogen (secondary N) is 1. The third-order valence-electron chi connectivity index (χ3n) is 4.63. The fourth-order valence-corrected chi connectivity index (χ4v) is 3.30. The van der Waals surface area contributed by atoms with Gasteiger partial charge in [0, 0.05) is 24.4 Å². The second kappa shape index (κ2) is 5.66. The summed E-state index contributed by atoms with van der Waals surface area (Å²) in [6.07, 6.45) is 0.402. The molecule has 0 spiro atoms. The summed E-state index contributed by atoms with van der Waals surface area (Å²) < 4.78 is 1.51. The maximum atomic E-state index is 12.7. The Balaban J connectivity index is 1.79. The minimum atomic E-state index is -0.297. The van der Waals surface area contributed by atoms with Crippen LogP contribution in [0.1, 0.15) is 23.6 Å². The number of aromatic hydroxyl groups is 2. The summed E-state index contributed by atoms with van der Waals surface area (Å²) >= 11 is 0. The van der Waals surface area contributed by atoms with E-state index < -0.39 is 0 Å². The molecule has 1 aliphatic rings. The lowest BCUT2D eigenvalue weighted by Crippen LogP contribution is -2.24. The maximum Gasteiger partial charge on any atom is 0.263 e. The molecule has 3 aromatic rings. The average molecular weight is 335 g/mol. The van der Waals surface area contributed by atoms with E-state index in [9.17, 15) is 15.0 Å². The normalized spacial score (nSPS) is 16.7. The molecule has 0 radical (unpaired) electrons. The fraction of sp³-hybridized carbons (Fsp3) is 0.158. The van der Waals surface area contributed by atoms with Gasteiger partial charge in [0.15, 0.2) is 0 Å². The van der Waals surface area contributed by atoms with E-state index in [1.54, 1.807) is 31.3 Å². The minimum absolute atomic E-state index is 0.0582. The first-order valence-electron chi connectivity index (χ1n) is 7.99. The van der Waals surface area contributed by atoms with Crippen LogP contribution < -0.4 is 11.0 Å². The van der Waals surface area contributed by atoms with Crippen molar-refractivity contribution < 1.29 is 10.2 Å². The summed E-state index contributed by atoms with van der Waals surface area (Å²) in [5.41, 5.74) is 4.71. The number of phenolic OH excluding ortho intramolecular Hbond substituents is 1. The Morgan fingerprint density at radius 2 is 1.84 bits per heavy atom. The van der Waals surface area contributed by atoms with E-state index in [1.807, 2.05) is 24.3 Å². The molecule has 4 rings (SSSR count). The summed E-state index contributed by atoms with van der Waals surface area (Å²) in [6.45, 7) is 0. The van der Waals surface area contributed by atoms with Crippen molar-refractivity contribution in [1.29, 1.82) is 0 Å². The molecule has 0 unspecified atom stereocenters. The number of nitrogens with zero attached hydrogens (tertiary/aromatic N) is 2. The van der Waals surface area contributed by atoms with E-state index in [1.165, 1.54) is 4.57 Å². The van der Waals surface area contributed by atoms with Crippen molar-refractivity contribution in [3.63, 3.8) is 0 Å². The lowest BCUT2D eigenvalue weighted by molar-refractivity contribution is 0.455. The monoisotopic (exact) mass is 335 g/mol. The molecule has 0 aliphatic carbocycles. The van der Waals surface area contributed by atoms with Crippen LogP contribution in [0.2, 0.25) is 0 Å². The van der Waals surface area contributed by atoms with Crippen LogP contribution in [0.15, 0.2) is 58.4 Å². The molecule has 6 heteroatoms. The van der Waals surface area contributed by atoms with E-state index in [4.69, 9.17) is 0 Å². The highest BCUT2D eigenvalue weighted by Gasteiger charge is 2.28. The number of fused-ring (bicyclic) bond motifs is 1. The van der Waals surface area contributed by atoms with Gasteiger partial charge in [-0.2, -0.15) is 5.10 Å². The summed E-state index contributed by atoms with van der Waals surface area (Å²) in [5.74, 6) is 0.115. The van der Waals surface area contributed by atoms with Crippen molar-refractivity contribution in [2.75, 3.05) is 0 Å². The van der Waals surface area contributed by atoms with Crippen LogP contribution in [-0.4, -0.2) is 20.5 Å². The average Bonchev–Trinajstić information content (AvgIpc) is 3.10. The smallest absolute Gasteiger partial charge is 0.263 e. The lowest BCUT2D eigenvalue weighted by atomic mass is 9.97. The number of hydrazone groups is 1. The highest BCUT2D eigenvalue weighted by molar-refractivity contribution is 6.07. The molecule has 2 aromatic carbocycles. The van der Waals surface area contributed by atoms with Gasteiger partial charge in [0.05, 0.1) is 17.3 Å². The van der Waals surface area contributed by atoms with Gasteiger partial charge in [0.25, 0.3) is 5.56 Å². The molecule has 1 aromatic heterocycles. The van der Waals surface area contributed by atoms with Crippen LogP contribution in [0.3, 0.4) is 0 Å². The van der Waals surface area contributed by atoms with Gasteiger partial charge in [0.1, 0.15) is 17.1 Å². The highest BCUT2D eigenvalue weighted by Crippen LogP contribution is 2.33. The predicted octanol–water partition coefficient (Wildman–Crippen LogP) is 2.39. The molecular formula is C19H17N3O3. The van der Waals surface area contributed by atoms with Crippen LogP contribution in [0.5, 0.6) is 11.5 Å². The topological polar surface area (TPSA) is 86.9 Å². The van der Waals surface area contributed by atoms with Gasteiger partial charge < -0.3 is 20.2 Å². The Hall–Kier alpha value is -3.28. The van der Waals surface area contributed by atoms with Crippen molar-refractivity contribution in [3.8, 4) is 11.5 Å². The Morgan fingerprint density at radius 3 is 2.64 bits per heavy atom. The zero-order chi connectivity index (χ0) is 17.6. The van der Waals surface area contributed by atoms with E-state index >= 15 is 0 Å². The Kier molecular flexibility index (Phi) is 3.46. The van der Waals surface area contributed by atoms with E-state index in [-0.39, 0.29) is 28.7 Å². The number of hydrogen-bond donors (Lipinski definition) is 3. The number of para-hydroxylation sites is 2. The van der Waals surface area contributed by atoms with Crippen molar-refractivity contribution in [1.82, 2.24) is 9.99 Å². The first-order chi connectivity index (χ1) is 12.1. The molecule has 25 heavy (non-hydrogen) atoms. The van der Waals surface area contributed by atoms with E-state index in [0.717, 1.165) is 0 Å². The van der Waals surface area contributed by atoms with Crippen LogP contribution in [0.25, 0.3) is 10.9 Å². The lowest BCUT2D eigenvalue weighted by Gasteiger charge is -2.13. The number of benzene rings is 2. The number of aryl methyl sites for hydroxylation is 1. The number of pyridine rings is 1. The Bertz CT molecular complexity index is 1070. The molecule has 0 saturated heterocycles. The molecule has 2 heterocycles. The Labute approximate surface area is 143 Å². The quantitative estimate of drug-likeness (QED) is 0.671. The van der Waals surface area contributed by atoms with E-state index in [2.05, 4.69) is 10.5 Å². The number of phenols is 1. The molecule has 1 atom stereocenters. The maximum absolute atomic E-state index is 12.7. The SMILES string of the molecule is Cn1c(=O)c(C2=NN[C@H](c3ccccc3O)C2)c(O)c2ccccc21. The van der Waals surface area contributed by atoms with Gasteiger partial charge in [-0.05, 0) is 18.2 Å². The number of aromatic nitrogens is 1. The molecule has 0 fully saturated rings. The number of rotatable bonds is 2. The molecule has 0 bridgehead atoms. The van der Waals surface area contributed by atoms with Gasteiger partial charge in [-0.1, -0.05) is 30.3 Å². The Morgan fingerprint density at radius 1 is 1.12 bits per heavy atom. The summed E-state index contributed by atoms with van der Waals surface area (Å²) in [7, 11) is 1.68. The van der Waals surface area contributed by atoms with Crippen molar-refractivity contribution >= 4 is 16.6 Å². The fourth-order valence-electron chi connectivity index (χ4n) is 3.30. The van der Waals surface area contributed by atoms with Gasteiger partial charge in [-0.3, -0.25) is 4.79 Å². The largest absolute Gasteiger partial charge is 0.508 e. The summed E-state index contributed by atoms with van der Waals surface area (Å²) in [4.78, 5) is 12.7.